The number of halogens is 1. The SMILES string of the molecule is CCOc1cc2c(cc1OCC)-c1c(-c3ccc(F)cc3)c(C=Nc3ccc(O)cc3)c(-c3ccccc3)n1CC2. The molecule has 5 aromatic rings. The van der Waals surface area contributed by atoms with E-state index in [4.69, 9.17) is 14.5 Å². The first-order valence-electron chi connectivity index (χ1n) is 13.9. The van der Waals surface area contributed by atoms with Gasteiger partial charge in [-0.1, -0.05) is 42.5 Å². The van der Waals surface area contributed by atoms with Gasteiger partial charge in [0.1, 0.15) is 11.6 Å². The molecular weight excluding hydrogens is 515 g/mol. The Morgan fingerprint density at radius 1 is 0.829 bits per heavy atom. The first-order chi connectivity index (χ1) is 20.1. The molecule has 2 heterocycles. The lowest BCUT2D eigenvalue weighted by atomic mass is 9.91. The fourth-order valence-corrected chi connectivity index (χ4v) is 5.56. The molecule has 0 spiro atoms. The van der Waals surface area contributed by atoms with E-state index in [1.54, 1.807) is 24.3 Å². The van der Waals surface area contributed by atoms with Crippen LogP contribution in [0.4, 0.5) is 10.1 Å². The third kappa shape index (κ3) is 5.09. The Kier molecular flexibility index (Phi) is 7.30. The number of hydrogen-bond donors (Lipinski definition) is 1. The number of aromatic nitrogens is 1. The average Bonchev–Trinajstić information content (AvgIpc) is 3.33. The summed E-state index contributed by atoms with van der Waals surface area (Å²) in [6.45, 7) is 5.76. The van der Waals surface area contributed by atoms with Crippen LogP contribution < -0.4 is 9.47 Å². The lowest BCUT2D eigenvalue weighted by Crippen LogP contribution is -2.13. The van der Waals surface area contributed by atoms with Crippen LogP contribution in [0.5, 0.6) is 17.2 Å². The number of phenols is 1. The van der Waals surface area contributed by atoms with E-state index in [0.717, 1.165) is 63.6 Å². The van der Waals surface area contributed by atoms with Gasteiger partial charge in [-0.15, -0.1) is 0 Å². The predicted molar refractivity (Wildman–Crippen MR) is 162 cm³/mol. The fraction of sp³-hybridized carbons (Fsp3) is 0.171. The van der Waals surface area contributed by atoms with E-state index in [1.807, 2.05) is 50.4 Å². The number of benzene rings is 4. The van der Waals surface area contributed by atoms with Crippen molar-refractivity contribution in [2.75, 3.05) is 13.2 Å². The highest BCUT2D eigenvalue weighted by molar-refractivity contribution is 6.05. The van der Waals surface area contributed by atoms with Gasteiger partial charge in [-0.3, -0.25) is 4.99 Å². The van der Waals surface area contributed by atoms with Crippen molar-refractivity contribution >= 4 is 11.9 Å². The van der Waals surface area contributed by atoms with E-state index in [9.17, 15) is 9.50 Å². The summed E-state index contributed by atoms with van der Waals surface area (Å²) in [5, 5.41) is 9.76. The van der Waals surface area contributed by atoms with Crippen molar-refractivity contribution in [3.05, 3.63) is 108 Å². The number of aromatic hydroxyl groups is 1. The first kappa shape index (κ1) is 26.4. The van der Waals surface area contributed by atoms with Crippen molar-refractivity contribution < 1.29 is 19.0 Å². The maximum absolute atomic E-state index is 14.1. The molecule has 0 aliphatic carbocycles. The molecule has 0 fully saturated rings. The normalized spacial score (nSPS) is 12.3. The van der Waals surface area contributed by atoms with Crippen molar-refractivity contribution in [3.8, 4) is 50.9 Å². The van der Waals surface area contributed by atoms with Crippen molar-refractivity contribution in [3.63, 3.8) is 0 Å². The van der Waals surface area contributed by atoms with Crippen LogP contribution in [-0.4, -0.2) is 29.1 Å². The van der Waals surface area contributed by atoms with Gasteiger partial charge in [0.05, 0.1) is 30.3 Å². The number of fused-ring (bicyclic) bond motifs is 3. The number of aliphatic imine (C=N–C) groups is 1. The molecule has 1 aliphatic rings. The summed E-state index contributed by atoms with van der Waals surface area (Å²) in [7, 11) is 0. The third-order valence-corrected chi connectivity index (χ3v) is 7.30. The summed E-state index contributed by atoms with van der Waals surface area (Å²) in [5.74, 6) is 1.35. The van der Waals surface area contributed by atoms with E-state index in [-0.39, 0.29) is 11.6 Å². The van der Waals surface area contributed by atoms with Crippen LogP contribution >= 0.6 is 0 Å². The Morgan fingerprint density at radius 2 is 1.51 bits per heavy atom. The Labute approximate surface area is 239 Å². The summed E-state index contributed by atoms with van der Waals surface area (Å²) < 4.78 is 28.5. The van der Waals surface area contributed by atoms with Crippen LogP contribution in [0.25, 0.3) is 33.6 Å². The van der Waals surface area contributed by atoms with Crippen LogP contribution in [0.15, 0.2) is 96.0 Å². The summed E-state index contributed by atoms with van der Waals surface area (Å²) in [4.78, 5) is 4.82. The molecule has 5 nitrogen and oxygen atoms in total. The highest BCUT2D eigenvalue weighted by atomic mass is 19.1. The third-order valence-electron chi connectivity index (χ3n) is 7.30. The van der Waals surface area contributed by atoms with Crippen LogP contribution in [0.2, 0.25) is 0 Å². The van der Waals surface area contributed by atoms with Crippen molar-refractivity contribution in [1.82, 2.24) is 4.57 Å². The minimum Gasteiger partial charge on any atom is -0.508 e. The molecule has 0 bridgehead atoms. The molecule has 4 aromatic carbocycles. The number of ether oxygens (including phenoxy) is 2. The number of hydrogen-bond acceptors (Lipinski definition) is 4. The first-order valence-corrected chi connectivity index (χ1v) is 13.9. The van der Waals surface area contributed by atoms with E-state index in [1.165, 1.54) is 17.7 Å². The molecule has 0 unspecified atom stereocenters. The topological polar surface area (TPSA) is 56.0 Å². The van der Waals surface area contributed by atoms with Crippen LogP contribution in [0.1, 0.15) is 25.0 Å². The summed E-state index contributed by atoms with van der Waals surface area (Å²) >= 11 is 0. The standard InChI is InChI=1S/C35H31FN2O3/c1-3-40-31-20-25-18-19-38-34(24-8-6-5-7-9-24)30(22-37-27-14-16-28(39)17-15-27)33(23-10-12-26(36)13-11-23)35(38)29(25)21-32(31)41-4-2/h5-17,20-22,39H,3-4,18-19H2,1-2H3. The zero-order valence-electron chi connectivity index (χ0n) is 23.1. The summed E-state index contributed by atoms with van der Waals surface area (Å²) in [6, 6.07) is 27.9. The summed E-state index contributed by atoms with van der Waals surface area (Å²) in [6.07, 6.45) is 2.71. The van der Waals surface area contributed by atoms with Crippen molar-refractivity contribution in [2.24, 2.45) is 4.99 Å². The highest BCUT2D eigenvalue weighted by Gasteiger charge is 2.30. The number of phenolic OH excluding ortho intramolecular Hbond substituents is 1. The molecule has 0 atom stereocenters. The molecule has 1 N–H and O–H groups in total. The van der Waals surface area contributed by atoms with Crippen molar-refractivity contribution in [1.29, 1.82) is 0 Å². The van der Waals surface area contributed by atoms with E-state index >= 15 is 0 Å². The van der Waals surface area contributed by atoms with E-state index < -0.39 is 0 Å². The molecule has 6 rings (SSSR count). The van der Waals surface area contributed by atoms with Gasteiger partial charge in [0.15, 0.2) is 11.5 Å². The van der Waals surface area contributed by atoms with Crippen LogP contribution in [0.3, 0.4) is 0 Å². The Bertz CT molecular complexity index is 1710. The second-order valence-electron chi connectivity index (χ2n) is 9.86. The van der Waals surface area contributed by atoms with Crippen LogP contribution in [0, 0.1) is 5.82 Å². The van der Waals surface area contributed by atoms with E-state index in [2.05, 4.69) is 28.8 Å². The smallest absolute Gasteiger partial charge is 0.161 e. The van der Waals surface area contributed by atoms with Gasteiger partial charge in [0.25, 0.3) is 0 Å². The molecule has 1 aromatic heterocycles. The molecule has 6 heteroatoms. The molecule has 0 radical (unpaired) electrons. The zero-order valence-corrected chi connectivity index (χ0v) is 23.1. The van der Waals surface area contributed by atoms with Crippen molar-refractivity contribution in [2.45, 2.75) is 26.8 Å². The van der Waals surface area contributed by atoms with E-state index in [0.29, 0.717) is 19.0 Å². The lowest BCUT2D eigenvalue weighted by Gasteiger charge is -2.24. The Morgan fingerprint density at radius 3 is 2.20 bits per heavy atom. The maximum Gasteiger partial charge on any atom is 0.161 e. The van der Waals surface area contributed by atoms with Gasteiger partial charge in [0, 0.05) is 29.4 Å². The Balaban J connectivity index is 1.67. The number of nitrogens with zero attached hydrogens (tertiary/aromatic N) is 2. The largest absolute Gasteiger partial charge is 0.508 e. The molecule has 0 amide bonds. The minimum absolute atomic E-state index is 0.188. The molecular formula is C35H31FN2O3. The Hall–Kier alpha value is -4.84. The maximum atomic E-state index is 14.1. The minimum atomic E-state index is -0.287. The van der Waals surface area contributed by atoms with Gasteiger partial charge in [-0.25, -0.2) is 4.39 Å². The van der Waals surface area contributed by atoms with Gasteiger partial charge in [-0.05, 0) is 85.5 Å². The highest BCUT2D eigenvalue weighted by Crippen LogP contribution is 2.48. The molecule has 0 saturated carbocycles. The molecule has 1 aliphatic heterocycles. The van der Waals surface area contributed by atoms with Crippen LogP contribution in [-0.2, 0) is 13.0 Å². The summed E-state index contributed by atoms with van der Waals surface area (Å²) in [5.41, 5.74) is 8.89. The quantitative estimate of drug-likeness (QED) is 0.199. The average molecular weight is 547 g/mol. The van der Waals surface area contributed by atoms with Gasteiger partial charge < -0.3 is 19.1 Å². The second kappa shape index (κ2) is 11.3. The number of rotatable bonds is 8. The van der Waals surface area contributed by atoms with Gasteiger partial charge in [0.2, 0.25) is 0 Å². The van der Waals surface area contributed by atoms with Gasteiger partial charge in [-0.2, -0.15) is 0 Å². The van der Waals surface area contributed by atoms with Gasteiger partial charge >= 0.3 is 0 Å². The zero-order chi connectivity index (χ0) is 28.3. The second-order valence-corrected chi connectivity index (χ2v) is 9.86. The fourth-order valence-electron chi connectivity index (χ4n) is 5.56. The number of aryl methyl sites for hydroxylation is 1. The molecule has 206 valence electrons. The lowest BCUT2D eigenvalue weighted by molar-refractivity contribution is 0.287. The molecule has 41 heavy (non-hydrogen) atoms. The predicted octanol–water partition coefficient (Wildman–Crippen LogP) is 8.44. The molecule has 0 saturated heterocycles. The monoisotopic (exact) mass is 546 g/mol.